The van der Waals surface area contributed by atoms with E-state index >= 15 is 0 Å². The number of ether oxygens (including phenoxy) is 1. The van der Waals surface area contributed by atoms with Crippen molar-refractivity contribution in [3.05, 3.63) is 46.9 Å². The topological polar surface area (TPSA) is 76.6 Å². The average Bonchev–Trinajstić information content (AvgIpc) is 2.99. The van der Waals surface area contributed by atoms with Gasteiger partial charge in [0.25, 0.3) is 0 Å². The summed E-state index contributed by atoms with van der Waals surface area (Å²) < 4.78 is 5.83. The lowest BCUT2D eigenvalue weighted by atomic mass is 9.91. The number of hydrogen-bond acceptors (Lipinski definition) is 6. The molecule has 2 aromatic rings. The minimum absolute atomic E-state index is 0.0836. The van der Waals surface area contributed by atoms with Crippen LogP contribution in [-0.2, 0) is 6.54 Å². The van der Waals surface area contributed by atoms with Crippen LogP contribution in [0.2, 0.25) is 5.02 Å². The van der Waals surface area contributed by atoms with Gasteiger partial charge in [0.15, 0.2) is 0 Å². The minimum Gasteiger partial charge on any atom is -0.436 e. The number of rotatable bonds is 2. The number of aliphatic imine (C=N–C) groups is 1. The van der Waals surface area contributed by atoms with Crippen LogP contribution in [0.15, 0.2) is 35.5 Å². The summed E-state index contributed by atoms with van der Waals surface area (Å²) in [5, 5.41) is 0.543. The Morgan fingerprint density at radius 3 is 2.76 bits per heavy atom. The molecule has 2 N–H and O–H groups in total. The largest absolute Gasteiger partial charge is 0.436 e. The highest BCUT2D eigenvalue weighted by atomic mass is 35.5. The molecule has 0 bridgehead atoms. The Morgan fingerprint density at radius 2 is 2.00 bits per heavy atom. The zero-order chi connectivity index (χ0) is 17.4. The molecule has 4 rings (SSSR count). The van der Waals surface area contributed by atoms with E-state index in [1.807, 2.05) is 18.2 Å². The highest BCUT2D eigenvalue weighted by molar-refractivity contribution is 6.32. The second kappa shape index (κ2) is 6.28. The molecule has 0 aliphatic carbocycles. The average molecular weight is 358 g/mol. The minimum atomic E-state index is -0.0836. The molecule has 1 fully saturated rings. The van der Waals surface area contributed by atoms with Crippen molar-refractivity contribution in [2.45, 2.75) is 31.8 Å². The molecule has 0 radical (unpaired) electrons. The van der Waals surface area contributed by atoms with Crippen LogP contribution >= 0.6 is 11.6 Å². The Bertz CT molecular complexity index is 826. The maximum atomic E-state index is 6.20. The molecule has 1 aromatic carbocycles. The molecule has 0 amide bonds. The Morgan fingerprint density at radius 1 is 1.24 bits per heavy atom. The number of piperidine rings is 1. The van der Waals surface area contributed by atoms with Gasteiger partial charge in [-0.1, -0.05) is 23.7 Å². The molecule has 130 valence electrons. The van der Waals surface area contributed by atoms with Gasteiger partial charge in [-0.15, -0.1) is 0 Å². The normalized spacial score (nSPS) is 18.7. The SMILES string of the molecule is CC1(N)CCN(c2cnc3c(n2)CN=C3Oc2ccccc2Cl)CC1. The quantitative estimate of drug-likeness (QED) is 0.894. The summed E-state index contributed by atoms with van der Waals surface area (Å²) in [6, 6.07) is 7.32. The summed E-state index contributed by atoms with van der Waals surface area (Å²) in [5.74, 6) is 1.92. The molecule has 2 aliphatic rings. The number of fused-ring (bicyclic) bond motifs is 1. The standard InChI is InChI=1S/C18H20ClN5O/c1-18(20)6-8-24(9-7-18)15-11-21-16-13(23-15)10-22-17(16)25-14-5-3-2-4-12(14)19/h2-5,11H,6-10,20H2,1H3. The number of nitrogens with zero attached hydrogens (tertiary/aromatic N) is 4. The Hall–Kier alpha value is -2.18. The predicted molar refractivity (Wildman–Crippen MR) is 98.4 cm³/mol. The van der Waals surface area contributed by atoms with Gasteiger partial charge in [0.1, 0.15) is 17.3 Å². The molecular weight excluding hydrogens is 338 g/mol. The Labute approximate surface area is 151 Å². The number of halogens is 1. The summed E-state index contributed by atoms with van der Waals surface area (Å²) >= 11 is 6.15. The molecule has 3 heterocycles. The number of hydrogen-bond donors (Lipinski definition) is 1. The molecular formula is C18H20ClN5O. The van der Waals surface area contributed by atoms with Crippen LogP contribution in [0.4, 0.5) is 5.82 Å². The van der Waals surface area contributed by atoms with Crippen LogP contribution in [0.1, 0.15) is 31.2 Å². The van der Waals surface area contributed by atoms with Crippen LogP contribution in [0, 0.1) is 0 Å². The summed E-state index contributed by atoms with van der Waals surface area (Å²) in [6.07, 6.45) is 3.68. The maximum Gasteiger partial charge on any atom is 0.243 e. The van der Waals surface area contributed by atoms with Crippen LogP contribution in [0.5, 0.6) is 5.75 Å². The fourth-order valence-electron chi connectivity index (χ4n) is 3.04. The number of para-hydroxylation sites is 1. The molecule has 7 heteroatoms. The van der Waals surface area contributed by atoms with E-state index in [0.29, 0.717) is 28.9 Å². The van der Waals surface area contributed by atoms with Crippen molar-refractivity contribution in [1.82, 2.24) is 9.97 Å². The fraction of sp³-hybridized carbons (Fsp3) is 0.389. The molecule has 1 saturated heterocycles. The number of aromatic nitrogens is 2. The highest BCUT2D eigenvalue weighted by Crippen LogP contribution is 2.28. The van der Waals surface area contributed by atoms with E-state index < -0.39 is 0 Å². The first-order chi connectivity index (χ1) is 12.0. The lowest BCUT2D eigenvalue weighted by Crippen LogP contribution is -2.48. The summed E-state index contributed by atoms with van der Waals surface area (Å²) in [4.78, 5) is 15.9. The lowest BCUT2D eigenvalue weighted by molar-refractivity contribution is 0.363. The van der Waals surface area contributed by atoms with Crippen LogP contribution in [0.25, 0.3) is 0 Å². The second-order valence-corrected chi connectivity index (χ2v) is 7.23. The molecule has 2 aliphatic heterocycles. The van der Waals surface area contributed by atoms with Gasteiger partial charge in [0.2, 0.25) is 5.90 Å². The zero-order valence-electron chi connectivity index (χ0n) is 14.1. The van der Waals surface area contributed by atoms with Crippen molar-refractivity contribution in [2.24, 2.45) is 10.7 Å². The van der Waals surface area contributed by atoms with E-state index in [-0.39, 0.29) is 5.54 Å². The predicted octanol–water partition coefficient (Wildman–Crippen LogP) is 2.79. The summed E-state index contributed by atoms with van der Waals surface area (Å²) in [6.45, 7) is 4.36. The third-order valence-electron chi connectivity index (χ3n) is 4.68. The number of anilines is 1. The zero-order valence-corrected chi connectivity index (χ0v) is 14.8. The van der Waals surface area contributed by atoms with Gasteiger partial charge in [0, 0.05) is 18.6 Å². The maximum absolute atomic E-state index is 6.20. The first-order valence-corrected chi connectivity index (χ1v) is 8.77. The van der Waals surface area contributed by atoms with Gasteiger partial charge in [-0.25, -0.2) is 15.0 Å². The van der Waals surface area contributed by atoms with Crippen LogP contribution in [-0.4, -0.2) is 34.5 Å². The van der Waals surface area contributed by atoms with Crippen molar-refractivity contribution in [3.63, 3.8) is 0 Å². The first-order valence-electron chi connectivity index (χ1n) is 8.39. The monoisotopic (exact) mass is 357 g/mol. The first kappa shape index (κ1) is 16.3. The third-order valence-corrected chi connectivity index (χ3v) is 4.99. The molecule has 1 aromatic heterocycles. The van der Waals surface area contributed by atoms with Crippen LogP contribution in [0.3, 0.4) is 0 Å². The molecule has 0 atom stereocenters. The fourth-order valence-corrected chi connectivity index (χ4v) is 3.21. The Kier molecular flexibility index (Phi) is 4.09. The van der Waals surface area contributed by atoms with E-state index in [4.69, 9.17) is 27.1 Å². The second-order valence-electron chi connectivity index (χ2n) is 6.82. The highest BCUT2D eigenvalue weighted by Gasteiger charge is 2.28. The van der Waals surface area contributed by atoms with E-state index in [2.05, 4.69) is 21.8 Å². The van der Waals surface area contributed by atoms with E-state index in [1.165, 1.54) is 0 Å². The van der Waals surface area contributed by atoms with E-state index in [1.54, 1.807) is 12.3 Å². The molecule has 25 heavy (non-hydrogen) atoms. The lowest BCUT2D eigenvalue weighted by Gasteiger charge is -2.37. The van der Waals surface area contributed by atoms with Crippen molar-refractivity contribution < 1.29 is 4.74 Å². The van der Waals surface area contributed by atoms with Gasteiger partial charge in [-0.05, 0) is 31.9 Å². The van der Waals surface area contributed by atoms with Gasteiger partial charge in [-0.2, -0.15) is 0 Å². The van der Waals surface area contributed by atoms with E-state index in [9.17, 15) is 0 Å². The summed E-state index contributed by atoms with van der Waals surface area (Å²) in [5.41, 5.74) is 7.64. The molecule has 0 spiro atoms. The van der Waals surface area contributed by atoms with Gasteiger partial charge in [-0.3, -0.25) is 0 Å². The van der Waals surface area contributed by atoms with E-state index in [0.717, 1.165) is 37.4 Å². The smallest absolute Gasteiger partial charge is 0.243 e. The van der Waals surface area contributed by atoms with Crippen molar-refractivity contribution in [2.75, 3.05) is 18.0 Å². The number of nitrogens with two attached hydrogens (primary N) is 1. The van der Waals surface area contributed by atoms with Crippen LogP contribution < -0.4 is 15.4 Å². The van der Waals surface area contributed by atoms with Crippen molar-refractivity contribution in [3.8, 4) is 5.75 Å². The molecule has 0 unspecified atom stereocenters. The molecule has 6 nitrogen and oxygen atoms in total. The van der Waals surface area contributed by atoms with Crippen molar-refractivity contribution in [1.29, 1.82) is 0 Å². The van der Waals surface area contributed by atoms with Gasteiger partial charge < -0.3 is 15.4 Å². The number of benzene rings is 1. The molecule has 0 saturated carbocycles. The third kappa shape index (κ3) is 3.32. The summed E-state index contributed by atoms with van der Waals surface area (Å²) in [7, 11) is 0. The van der Waals surface area contributed by atoms with Gasteiger partial charge in [0.05, 0.1) is 23.5 Å². The van der Waals surface area contributed by atoms with Crippen molar-refractivity contribution >= 4 is 23.3 Å². The Balaban J connectivity index is 1.51. The van der Waals surface area contributed by atoms with Gasteiger partial charge >= 0.3 is 0 Å².